The second kappa shape index (κ2) is 4.38. The van der Waals surface area contributed by atoms with Crippen molar-refractivity contribution in [3.05, 3.63) is 35.9 Å². The van der Waals surface area contributed by atoms with Gasteiger partial charge in [-0.2, -0.15) is 0 Å². The summed E-state index contributed by atoms with van der Waals surface area (Å²) in [6.45, 7) is 4.79. The van der Waals surface area contributed by atoms with E-state index in [1.54, 1.807) is 0 Å². The molecule has 0 bridgehead atoms. The van der Waals surface area contributed by atoms with Crippen LogP contribution in [0.1, 0.15) is 5.56 Å². The first kappa shape index (κ1) is 12.0. The highest BCUT2D eigenvalue weighted by molar-refractivity contribution is 8.11. The fourth-order valence-corrected chi connectivity index (χ4v) is 7.04. The summed E-state index contributed by atoms with van der Waals surface area (Å²) in [6, 6.07) is 10.5. The summed E-state index contributed by atoms with van der Waals surface area (Å²) >= 11 is 6.12. The molecule has 19 heavy (non-hydrogen) atoms. The number of hydrogen-bond donors (Lipinski definition) is 0. The lowest BCUT2D eigenvalue weighted by atomic mass is 10.2. The normalized spacial score (nSPS) is 23.6. The summed E-state index contributed by atoms with van der Waals surface area (Å²) < 4.78 is 7.37. The van der Waals surface area contributed by atoms with Crippen molar-refractivity contribution in [2.45, 2.75) is 0 Å². The van der Waals surface area contributed by atoms with Crippen molar-refractivity contribution in [1.29, 1.82) is 0 Å². The zero-order valence-electron chi connectivity index (χ0n) is 10.8. The minimum Gasteiger partial charge on any atom is -0.303 e. The van der Waals surface area contributed by atoms with Crippen LogP contribution in [0.2, 0.25) is 0 Å². The van der Waals surface area contributed by atoms with Crippen LogP contribution in [0.15, 0.2) is 35.3 Å². The Morgan fingerprint density at radius 2 is 1.58 bits per heavy atom. The van der Waals surface area contributed by atoms with Gasteiger partial charge in [-0.3, -0.25) is 4.99 Å². The molecule has 1 aromatic carbocycles. The molecule has 4 rings (SSSR count). The summed E-state index contributed by atoms with van der Waals surface area (Å²) in [4.78, 5) is 4.72. The van der Waals surface area contributed by atoms with E-state index in [9.17, 15) is 0 Å². The van der Waals surface area contributed by atoms with E-state index in [0.29, 0.717) is 0 Å². The van der Waals surface area contributed by atoms with E-state index in [1.165, 1.54) is 5.56 Å². The fraction of sp³-hybridized carbons (Fsp3) is 0.462. The van der Waals surface area contributed by atoms with Crippen molar-refractivity contribution in [3.63, 3.8) is 0 Å². The van der Waals surface area contributed by atoms with E-state index in [0.717, 1.165) is 45.1 Å². The van der Waals surface area contributed by atoms with E-state index in [2.05, 4.69) is 38.3 Å². The molecule has 0 N–H and O–H groups in total. The molecule has 0 amide bonds. The zero-order chi connectivity index (χ0) is 12.9. The summed E-state index contributed by atoms with van der Waals surface area (Å²) in [7, 11) is 0. The van der Waals surface area contributed by atoms with Gasteiger partial charge in [-0.1, -0.05) is 30.3 Å². The molecule has 0 atom stereocenters. The lowest BCUT2D eigenvalue weighted by molar-refractivity contribution is 0.619. The molecule has 3 heterocycles. The average Bonchev–Trinajstić information content (AvgIpc) is 3.35. The highest BCUT2D eigenvalue weighted by atomic mass is 32.4. The van der Waals surface area contributed by atoms with Crippen molar-refractivity contribution in [1.82, 2.24) is 14.0 Å². The number of nitrogens with zero attached hydrogens (tertiary/aromatic N) is 4. The standard InChI is InChI=1S/C13H17N4PS/c19-18(15-8-9-15,16-10-11-16)17-7-6-14-13(17)12-4-2-1-3-5-12/h1-5H,6-11H2. The minimum atomic E-state index is -1.71. The smallest absolute Gasteiger partial charge is 0.171 e. The Labute approximate surface area is 118 Å². The number of aliphatic imine (C=N–C) groups is 1. The molecule has 3 aliphatic rings. The Balaban J connectivity index is 1.71. The highest BCUT2D eigenvalue weighted by Gasteiger charge is 2.49. The van der Waals surface area contributed by atoms with Gasteiger partial charge in [0.15, 0.2) is 6.49 Å². The van der Waals surface area contributed by atoms with Crippen LogP contribution < -0.4 is 0 Å². The Bertz CT molecular complexity index is 549. The first-order valence-electron chi connectivity index (χ1n) is 6.79. The topological polar surface area (TPSA) is 21.6 Å². The molecule has 4 nitrogen and oxygen atoms in total. The first-order valence-corrected chi connectivity index (χ1v) is 9.45. The molecule has 0 unspecified atom stereocenters. The van der Waals surface area contributed by atoms with Gasteiger partial charge in [0.2, 0.25) is 0 Å². The van der Waals surface area contributed by atoms with Crippen LogP contribution in [0.5, 0.6) is 0 Å². The zero-order valence-corrected chi connectivity index (χ0v) is 12.5. The third-order valence-corrected chi connectivity index (χ3v) is 9.02. The number of hydrogen-bond acceptors (Lipinski definition) is 2. The van der Waals surface area contributed by atoms with Crippen LogP contribution in [0.4, 0.5) is 0 Å². The molecular weight excluding hydrogens is 275 g/mol. The molecule has 0 spiro atoms. The molecule has 2 fully saturated rings. The lowest BCUT2D eigenvalue weighted by Gasteiger charge is -2.36. The number of amidine groups is 1. The molecular formula is C13H17N4PS. The summed E-state index contributed by atoms with van der Waals surface area (Å²) in [5.41, 5.74) is 1.21. The quantitative estimate of drug-likeness (QED) is 0.621. The van der Waals surface area contributed by atoms with Gasteiger partial charge >= 0.3 is 0 Å². The van der Waals surface area contributed by atoms with Crippen LogP contribution in [0.25, 0.3) is 0 Å². The van der Waals surface area contributed by atoms with Crippen molar-refractivity contribution < 1.29 is 0 Å². The maximum absolute atomic E-state index is 6.12. The molecule has 2 saturated heterocycles. The van der Waals surface area contributed by atoms with Crippen molar-refractivity contribution in [2.24, 2.45) is 4.99 Å². The van der Waals surface area contributed by atoms with Gasteiger partial charge in [0.05, 0.1) is 6.54 Å². The summed E-state index contributed by atoms with van der Waals surface area (Å²) in [6.07, 6.45) is 0. The third kappa shape index (κ3) is 1.96. The SMILES string of the molecule is S=P(N1CC1)(N1CC1)N1CCN=C1c1ccccc1. The van der Waals surface area contributed by atoms with Gasteiger partial charge < -0.3 is 4.67 Å². The molecule has 0 aromatic heterocycles. The van der Waals surface area contributed by atoms with E-state index in [1.807, 2.05) is 6.07 Å². The van der Waals surface area contributed by atoms with Gasteiger partial charge in [0.25, 0.3) is 0 Å². The highest BCUT2D eigenvalue weighted by Crippen LogP contribution is 2.63. The number of rotatable bonds is 4. The number of benzene rings is 1. The predicted molar refractivity (Wildman–Crippen MR) is 82.0 cm³/mol. The molecule has 0 radical (unpaired) electrons. The Morgan fingerprint density at radius 1 is 0.947 bits per heavy atom. The largest absolute Gasteiger partial charge is 0.303 e. The molecule has 3 aliphatic heterocycles. The van der Waals surface area contributed by atoms with Crippen molar-refractivity contribution >= 4 is 24.1 Å². The minimum absolute atomic E-state index is 0.879. The monoisotopic (exact) mass is 292 g/mol. The molecule has 0 aliphatic carbocycles. The van der Waals surface area contributed by atoms with Crippen LogP contribution in [-0.2, 0) is 11.8 Å². The molecule has 1 aromatic rings. The lowest BCUT2D eigenvalue weighted by Crippen LogP contribution is -2.31. The van der Waals surface area contributed by atoms with E-state index >= 15 is 0 Å². The van der Waals surface area contributed by atoms with Crippen molar-refractivity contribution in [2.75, 3.05) is 39.3 Å². The van der Waals surface area contributed by atoms with Gasteiger partial charge in [-0.15, -0.1) is 0 Å². The maximum Gasteiger partial charge on any atom is 0.171 e. The van der Waals surface area contributed by atoms with Gasteiger partial charge in [-0.25, -0.2) is 9.34 Å². The Morgan fingerprint density at radius 3 is 2.16 bits per heavy atom. The summed E-state index contributed by atoms with van der Waals surface area (Å²) in [5, 5.41) is 0. The molecule has 100 valence electrons. The second-order valence-electron chi connectivity index (χ2n) is 5.12. The van der Waals surface area contributed by atoms with E-state index in [-0.39, 0.29) is 0 Å². The maximum atomic E-state index is 6.12. The average molecular weight is 292 g/mol. The van der Waals surface area contributed by atoms with E-state index in [4.69, 9.17) is 16.8 Å². The van der Waals surface area contributed by atoms with Crippen molar-refractivity contribution in [3.8, 4) is 0 Å². The van der Waals surface area contributed by atoms with Crippen LogP contribution in [-0.4, -0.2) is 59.1 Å². The van der Waals surface area contributed by atoms with E-state index < -0.39 is 6.49 Å². The fourth-order valence-electron chi connectivity index (χ4n) is 2.61. The molecule has 6 heteroatoms. The van der Waals surface area contributed by atoms with Gasteiger partial charge in [-0.05, 0) is 11.8 Å². The second-order valence-corrected chi connectivity index (χ2v) is 9.23. The molecule has 0 saturated carbocycles. The van der Waals surface area contributed by atoms with Crippen LogP contribution in [0, 0.1) is 0 Å². The van der Waals surface area contributed by atoms with Crippen LogP contribution >= 0.6 is 6.49 Å². The van der Waals surface area contributed by atoms with Gasteiger partial charge in [0.1, 0.15) is 5.84 Å². The first-order chi connectivity index (χ1) is 9.30. The predicted octanol–water partition coefficient (Wildman–Crippen LogP) is 1.60. The third-order valence-electron chi connectivity index (χ3n) is 3.75. The van der Waals surface area contributed by atoms with Gasteiger partial charge in [0, 0.05) is 38.3 Å². The Kier molecular flexibility index (Phi) is 2.78. The van der Waals surface area contributed by atoms with Crippen LogP contribution in [0.3, 0.4) is 0 Å². The Hall–Kier alpha value is -0.740. The summed E-state index contributed by atoms with van der Waals surface area (Å²) in [5.74, 6) is 1.11.